The van der Waals surface area contributed by atoms with E-state index in [1.807, 2.05) is 66.7 Å². The molecule has 1 aliphatic rings. The molecular weight excluding hydrogens is 404 g/mol. The van der Waals surface area contributed by atoms with Crippen LogP contribution < -0.4 is 14.4 Å². The maximum atomic E-state index is 13.3. The van der Waals surface area contributed by atoms with E-state index in [4.69, 9.17) is 9.47 Å². The molecule has 2 amide bonds. The number of para-hydroxylation sites is 1. The van der Waals surface area contributed by atoms with E-state index in [1.54, 1.807) is 37.1 Å². The smallest absolute Gasteiger partial charge is 0.255 e. The molecule has 0 saturated carbocycles. The summed E-state index contributed by atoms with van der Waals surface area (Å²) < 4.78 is 10.8. The van der Waals surface area contributed by atoms with Crippen molar-refractivity contribution in [3.05, 3.63) is 89.5 Å². The maximum absolute atomic E-state index is 13.3. The Kier molecular flexibility index (Phi) is 6.12. The van der Waals surface area contributed by atoms with Gasteiger partial charge in [0.15, 0.2) is 11.5 Å². The van der Waals surface area contributed by atoms with Crippen molar-refractivity contribution >= 4 is 17.5 Å². The van der Waals surface area contributed by atoms with E-state index >= 15 is 0 Å². The molecule has 3 aromatic rings. The van der Waals surface area contributed by atoms with Crippen molar-refractivity contribution < 1.29 is 19.1 Å². The van der Waals surface area contributed by atoms with Gasteiger partial charge >= 0.3 is 0 Å². The summed E-state index contributed by atoms with van der Waals surface area (Å²) in [5.74, 6) is 0.997. The molecule has 0 aromatic heterocycles. The van der Waals surface area contributed by atoms with Gasteiger partial charge in [-0.15, -0.1) is 0 Å². The first-order chi connectivity index (χ1) is 15.5. The zero-order valence-electron chi connectivity index (χ0n) is 18.4. The normalized spacial score (nSPS) is 13.5. The molecule has 3 aromatic carbocycles. The van der Waals surface area contributed by atoms with Crippen molar-refractivity contribution in [2.24, 2.45) is 0 Å². The van der Waals surface area contributed by atoms with Crippen LogP contribution >= 0.6 is 0 Å². The summed E-state index contributed by atoms with van der Waals surface area (Å²) >= 11 is 0. The molecule has 1 heterocycles. The Morgan fingerprint density at radius 1 is 0.969 bits per heavy atom. The van der Waals surface area contributed by atoms with Crippen LogP contribution in [0.1, 0.15) is 33.9 Å². The number of ether oxygens (including phenoxy) is 2. The minimum Gasteiger partial charge on any atom is -0.493 e. The largest absolute Gasteiger partial charge is 0.493 e. The Bertz CT molecular complexity index is 1130. The van der Waals surface area contributed by atoms with Crippen molar-refractivity contribution in [1.82, 2.24) is 4.90 Å². The molecule has 6 heteroatoms. The minimum absolute atomic E-state index is 0.0736. The zero-order valence-corrected chi connectivity index (χ0v) is 18.4. The van der Waals surface area contributed by atoms with Crippen LogP contribution in [-0.2, 0) is 11.3 Å². The highest BCUT2D eigenvalue weighted by molar-refractivity contribution is 5.99. The van der Waals surface area contributed by atoms with E-state index in [9.17, 15) is 9.59 Å². The van der Waals surface area contributed by atoms with Crippen molar-refractivity contribution in [2.45, 2.75) is 19.0 Å². The molecule has 32 heavy (non-hydrogen) atoms. The Hall–Kier alpha value is -3.80. The molecule has 0 bridgehead atoms. The number of anilines is 1. The predicted octanol–water partition coefficient (Wildman–Crippen LogP) is 4.45. The molecule has 0 spiro atoms. The van der Waals surface area contributed by atoms with Gasteiger partial charge in [0.2, 0.25) is 5.91 Å². The van der Waals surface area contributed by atoms with Crippen LogP contribution in [0, 0.1) is 0 Å². The number of nitrogens with zero attached hydrogens (tertiary/aromatic N) is 2. The van der Waals surface area contributed by atoms with Gasteiger partial charge in [-0.05, 0) is 41.5 Å². The van der Waals surface area contributed by atoms with Gasteiger partial charge in [-0.25, -0.2) is 0 Å². The lowest BCUT2D eigenvalue weighted by atomic mass is 10.00. The third-order valence-electron chi connectivity index (χ3n) is 5.90. The highest BCUT2D eigenvalue weighted by Gasteiger charge is 2.35. The van der Waals surface area contributed by atoms with Gasteiger partial charge in [-0.2, -0.15) is 0 Å². The van der Waals surface area contributed by atoms with E-state index in [0.29, 0.717) is 23.6 Å². The molecule has 0 N–H and O–H groups in total. The molecule has 0 fully saturated rings. The lowest BCUT2D eigenvalue weighted by Crippen LogP contribution is -2.35. The highest BCUT2D eigenvalue weighted by Crippen LogP contribution is 2.37. The highest BCUT2D eigenvalue weighted by atomic mass is 16.5. The summed E-state index contributed by atoms with van der Waals surface area (Å²) in [6.07, 6.45) is 0.139. The lowest BCUT2D eigenvalue weighted by molar-refractivity contribution is -0.119. The maximum Gasteiger partial charge on any atom is 0.255 e. The summed E-state index contributed by atoms with van der Waals surface area (Å²) in [5, 5.41) is 0. The van der Waals surface area contributed by atoms with Crippen LogP contribution in [-0.4, -0.2) is 38.0 Å². The second kappa shape index (κ2) is 9.14. The third-order valence-corrected chi connectivity index (χ3v) is 5.90. The Labute approximate surface area is 188 Å². The Morgan fingerprint density at radius 3 is 2.34 bits per heavy atom. The van der Waals surface area contributed by atoms with Crippen LogP contribution in [0.5, 0.6) is 11.5 Å². The van der Waals surface area contributed by atoms with Gasteiger partial charge in [0.1, 0.15) is 0 Å². The molecule has 6 nitrogen and oxygen atoms in total. The fourth-order valence-corrected chi connectivity index (χ4v) is 4.09. The van der Waals surface area contributed by atoms with Crippen LogP contribution in [0.3, 0.4) is 0 Å². The first-order valence-electron chi connectivity index (χ1n) is 10.5. The van der Waals surface area contributed by atoms with Crippen LogP contribution in [0.4, 0.5) is 5.69 Å². The van der Waals surface area contributed by atoms with E-state index in [1.165, 1.54) is 0 Å². The van der Waals surface area contributed by atoms with Gasteiger partial charge < -0.3 is 19.3 Å². The number of methoxy groups -OCH3 is 2. The molecule has 1 aliphatic heterocycles. The Morgan fingerprint density at radius 2 is 1.66 bits per heavy atom. The Balaban J connectivity index is 1.69. The first kappa shape index (κ1) is 21.4. The predicted molar refractivity (Wildman–Crippen MR) is 123 cm³/mol. The third kappa shape index (κ3) is 4.04. The number of fused-ring (bicyclic) bond motifs is 1. The summed E-state index contributed by atoms with van der Waals surface area (Å²) in [7, 11) is 4.90. The van der Waals surface area contributed by atoms with Crippen LogP contribution in [0.15, 0.2) is 72.8 Å². The van der Waals surface area contributed by atoms with Crippen molar-refractivity contribution in [1.29, 1.82) is 0 Å². The number of hydrogen-bond acceptors (Lipinski definition) is 4. The van der Waals surface area contributed by atoms with Crippen molar-refractivity contribution in [3.8, 4) is 11.5 Å². The molecule has 0 radical (unpaired) electrons. The molecule has 0 aliphatic carbocycles. The number of rotatable bonds is 7. The van der Waals surface area contributed by atoms with Gasteiger partial charge in [0.05, 0.1) is 26.7 Å². The van der Waals surface area contributed by atoms with E-state index in [2.05, 4.69) is 0 Å². The number of carbonyl (C=O) groups is 2. The van der Waals surface area contributed by atoms with E-state index in [0.717, 1.165) is 16.8 Å². The summed E-state index contributed by atoms with van der Waals surface area (Å²) in [5.41, 5.74) is 3.27. The number of hydrogen-bond donors (Lipinski definition) is 0. The van der Waals surface area contributed by atoms with E-state index < -0.39 is 6.04 Å². The molecule has 1 atom stereocenters. The summed E-state index contributed by atoms with van der Waals surface area (Å²) in [6, 6.07) is 22.1. The molecule has 4 rings (SSSR count). The minimum atomic E-state index is -0.451. The fraction of sp³-hybridized carbons (Fsp3) is 0.231. The topological polar surface area (TPSA) is 59.1 Å². The molecular formula is C26H26N2O4. The molecule has 0 saturated heterocycles. The van der Waals surface area contributed by atoms with Gasteiger partial charge in [-0.1, -0.05) is 42.5 Å². The molecule has 164 valence electrons. The van der Waals surface area contributed by atoms with Gasteiger partial charge in [-0.3, -0.25) is 9.59 Å². The quantitative estimate of drug-likeness (QED) is 0.556. The second-order valence-electron chi connectivity index (χ2n) is 7.71. The SMILES string of the molecule is COc1ccc([C@H](CC(=O)N(C)c2ccccc2)N2Cc3ccccc3C2=O)cc1OC. The van der Waals surface area contributed by atoms with Crippen molar-refractivity contribution in [3.63, 3.8) is 0 Å². The van der Waals surface area contributed by atoms with Gasteiger partial charge in [0.25, 0.3) is 5.91 Å². The monoisotopic (exact) mass is 430 g/mol. The zero-order chi connectivity index (χ0) is 22.7. The van der Waals surface area contributed by atoms with Gasteiger partial charge in [0, 0.05) is 24.8 Å². The number of carbonyl (C=O) groups excluding carboxylic acids is 2. The summed E-state index contributed by atoms with van der Waals surface area (Å²) in [4.78, 5) is 29.9. The van der Waals surface area contributed by atoms with Crippen molar-refractivity contribution in [2.75, 3.05) is 26.2 Å². The van der Waals surface area contributed by atoms with E-state index in [-0.39, 0.29) is 18.2 Å². The second-order valence-corrected chi connectivity index (χ2v) is 7.71. The standard InChI is InChI=1S/C26H26N2O4/c1-27(20-10-5-4-6-11-20)25(29)16-22(18-13-14-23(31-2)24(15-18)32-3)28-17-19-9-7-8-12-21(19)26(28)30/h4-15,22H,16-17H2,1-3H3/t22-/m0/s1. The molecule has 0 unspecified atom stereocenters. The average Bonchev–Trinajstić information content (AvgIpc) is 3.18. The lowest BCUT2D eigenvalue weighted by Gasteiger charge is -2.30. The van der Waals surface area contributed by atoms with Crippen LogP contribution in [0.25, 0.3) is 0 Å². The summed E-state index contributed by atoms with van der Waals surface area (Å²) in [6.45, 7) is 0.455. The average molecular weight is 431 g/mol. The number of benzene rings is 3. The number of amides is 2. The fourth-order valence-electron chi connectivity index (χ4n) is 4.09. The first-order valence-corrected chi connectivity index (χ1v) is 10.5. The van der Waals surface area contributed by atoms with Crippen LogP contribution in [0.2, 0.25) is 0 Å².